The minimum atomic E-state index is -0.341. The zero-order valence-corrected chi connectivity index (χ0v) is 20.9. The van der Waals surface area contributed by atoms with Crippen LogP contribution in [0.25, 0.3) is 0 Å². The van der Waals surface area contributed by atoms with Crippen molar-refractivity contribution in [2.45, 2.75) is 53.1 Å². The number of hydrogen-bond donors (Lipinski definition) is 3. The third-order valence-electron chi connectivity index (χ3n) is 6.81. The van der Waals surface area contributed by atoms with Crippen LogP contribution in [0, 0.1) is 13.8 Å². The van der Waals surface area contributed by atoms with Crippen molar-refractivity contribution in [3.63, 3.8) is 0 Å². The maximum Gasteiger partial charge on any atom is 0.323 e. The summed E-state index contributed by atoms with van der Waals surface area (Å²) >= 11 is 0. The van der Waals surface area contributed by atoms with E-state index in [4.69, 9.17) is 0 Å². The highest BCUT2D eigenvalue weighted by Crippen LogP contribution is 2.30. The van der Waals surface area contributed by atoms with Crippen molar-refractivity contribution in [3.8, 4) is 0 Å². The quantitative estimate of drug-likeness (QED) is 0.411. The first-order valence-electron chi connectivity index (χ1n) is 12.3. The molecular weight excluding hydrogens is 436 g/mol. The zero-order valence-electron chi connectivity index (χ0n) is 20.9. The fourth-order valence-corrected chi connectivity index (χ4v) is 4.35. The Morgan fingerprint density at radius 1 is 0.971 bits per heavy atom. The van der Waals surface area contributed by atoms with Crippen molar-refractivity contribution in [1.29, 1.82) is 0 Å². The Bertz CT molecular complexity index is 1240. The number of urea groups is 1. The van der Waals surface area contributed by atoms with Crippen LogP contribution in [-0.4, -0.2) is 24.5 Å². The van der Waals surface area contributed by atoms with Gasteiger partial charge in [-0.05, 0) is 80.1 Å². The highest BCUT2D eigenvalue weighted by molar-refractivity contribution is 6.04. The predicted octanol–water partition coefficient (Wildman–Crippen LogP) is 6.04. The standard InChI is InChI=1S/C29H34N4O2/c1-5-20(3)30-28(34)25-17-24(31-29(35)32-26-12-8-9-19(2)21(26)4)13-14-27(25)33-16-15-22-10-6-7-11-23(22)18-33/h6-14,17,20H,5,15-16,18H2,1-4H3,(H,30,34)(H2,31,32,35). The zero-order chi connectivity index (χ0) is 24.9. The Kier molecular flexibility index (Phi) is 7.39. The van der Waals surface area contributed by atoms with E-state index in [-0.39, 0.29) is 18.0 Å². The number of carbonyl (C=O) groups is 2. The molecule has 1 aliphatic heterocycles. The number of benzene rings is 3. The molecule has 6 nitrogen and oxygen atoms in total. The van der Waals surface area contributed by atoms with Gasteiger partial charge in [-0.1, -0.05) is 43.3 Å². The van der Waals surface area contributed by atoms with Crippen molar-refractivity contribution in [1.82, 2.24) is 5.32 Å². The van der Waals surface area contributed by atoms with Crippen LogP contribution in [0.3, 0.4) is 0 Å². The number of carbonyl (C=O) groups excluding carboxylic acids is 2. The minimum Gasteiger partial charge on any atom is -0.366 e. The number of nitrogens with one attached hydrogen (secondary N) is 3. The van der Waals surface area contributed by atoms with Crippen molar-refractivity contribution in [2.24, 2.45) is 0 Å². The minimum absolute atomic E-state index is 0.0571. The molecule has 3 aromatic rings. The monoisotopic (exact) mass is 470 g/mol. The summed E-state index contributed by atoms with van der Waals surface area (Å²) in [4.78, 5) is 28.3. The fourth-order valence-electron chi connectivity index (χ4n) is 4.35. The lowest BCUT2D eigenvalue weighted by atomic mass is 9.98. The van der Waals surface area contributed by atoms with Gasteiger partial charge in [0.25, 0.3) is 5.91 Å². The van der Waals surface area contributed by atoms with Crippen molar-refractivity contribution in [3.05, 3.63) is 88.5 Å². The number of fused-ring (bicyclic) bond motifs is 1. The maximum atomic E-state index is 13.3. The predicted molar refractivity (Wildman–Crippen MR) is 143 cm³/mol. The lowest BCUT2D eigenvalue weighted by molar-refractivity contribution is 0.0939. The van der Waals surface area contributed by atoms with E-state index >= 15 is 0 Å². The second-order valence-electron chi connectivity index (χ2n) is 9.28. The third kappa shape index (κ3) is 5.65. The van der Waals surface area contributed by atoms with Gasteiger partial charge in [-0.25, -0.2) is 4.79 Å². The van der Waals surface area contributed by atoms with E-state index < -0.39 is 0 Å². The summed E-state index contributed by atoms with van der Waals surface area (Å²) < 4.78 is 0. The molecule has 1 unspecified atom stereocenters. The molecule has 0 aliphatic carbocycles. The van der Waals surface area contributed by atoms with Gasteiger partial charge in [-0.3, -0.25) is 4.79 Å². The van der Waals surface area contributed by atoms with E-state index in [2.05, 4.69) is 45.1 Å². The number of amides is 3. The molecule has 1 atom stereocenters. The van der Waals surface area contributed by atoms with Gasteiger partial charge in [0.15, 0.2) is 0 Å². The average Bonchev–Trinajstić information content (AvgIpc) is 2.86. The van der Waals surface area contributed by atoms with Crippen LogP contribution in [0.2, 0.25) is 0 Å². The maximum absolute atomic E-state index is 13.3. The molecule has 3 aromatic carbocycles. The lowest BCUT2D eigenvalue weighted by Gasteiger charge is -2.32. The second-order valence-corrected chi connectivity index (χ2v) is 9.28. The molecule has 6 heteroatoms. The molecule has 182 valence electrons. The SMILES string of the molecule is CCC(C)NC(=O)c1cc(NC(=O)Nc2cccc(C)c2C)ccc1N1CCc2ccccc2C1. The highest BCUT2D eigenvalue weighted by atomic mass is 16.2. The van der Waals surface area contributed by atoms with E-state index in [1.165, 1.54) is 11.1 Å². The van der Waals surface area contributed by atoms with E-state index in [9.17, 15) is 9.59 Å². The lowest BCUT2D eigenvalue weighted by Crippen LogP contribution is -2.36. The van der Waals surface area contributed by atoms with Gasteiger partial charge in [0.05, 0.1) is 5.56 Å². The van der Waals surface area contributed by atoms with Crippen molar-refractivity contribution >= 4 is 29.0 Å². The molecule has 0 saturated carbocycles. The Hall–Kier alpha value is -3.80. The number of aryl methyl sites for hydroxylation is 1. The van der Waals surface area contributed by atoms with Crippen LogP contribution >= 0.6 is 0 Å². The van der Waals surface area contributed by atoms with E-state index in [1.807, 2.05) is 58.0 Å². The summed E-state index contributed by atoms with van der Waals surface area (Å²) in [6.07, 6.45) is 1.77. The van der Waals surface area contributed by atoms with E-state index in [0.717, 1.165) is 48.4 Å². The largest absolute Gasteiger partial charge is 0.366 e. The van der Waals surface area contributed by atoms with Gasteiger partial charge in [0, 0.05) is 36.2 Å². The Balaban J connectivity index is 1.59. The molecule has 0 saturated heterocycles. The highest BCUT2D eigenvalue weighted by Gasteiger charge is 2.22. The van der Waals surface area contributed by atoms with Gasteiger partial charge < -0.3 is 20.9 Å². The molecule has 0 fully saturated rings. The van der Waals surface area contributed by atoms with Gasteiger partial charge in [0.2, 0.25) is 0 Å². The molecule has 0 radical (unpaired) electrons. The summed E-state index contributed by atoms with van der Waals surface area (Å²) in [7, 11) is 0. The number of hydrogen-bond acceptors (Lipinski definition) is 3. The topological polar surface area (TPSA) is 73.5 Å². The van der Waals surface area contributed by atoms with Gasteiger partial charge in [0.1, 0.15) is 0 Å². The van der Waals surface area contributed by atoms with Crippen LogP contribution in [0.5, 0.6) is 0 Å². The molecule has 3 N–H and O–H groups in total. The summed E-state index contributed by atoms with van der Waals surface area (Å²) in [6.45, 7) is 9.61. The normalized spacial score (nSPS) is 13.5. The number of rotatable bonds is 6. The molecule has 0 spiro atoms. The summed E-state index contributed by atoms with van der Waals surface area (Å²) in [5.41, 5.74) is 7.55. The molecular formula is C29H34N4O2. The molecule has 3 amide bonds. The van der Waals surface area contributed by atoms with Crippen molar-refractivity contribution in [2.75, 3.05) is 22.1 Å². The Labute approximate surface area is 207 Å². The van der Waals surface area contributed by atoms with E-state index in [1.54, 1.807) is 6.07 Å². The summed E-state index contributed by atoms with van der Waals surface area (Å²) in [5.74, 6) is -0.133. The molecule has 35 heavy (non-hydrogen) atoms. The average molecular weight is 471 g/mol. The van der Waals surface area contributed by atoms with Crippen LogP contribution in [-0.2, 0) is 13.0 Å². The molecule has 1 heterocycles. The Morgan fingerprint density at radius 3 is 2.51 bits per heavy atom. The van der Waals surface area contributed by atoms with Gasteiger partial charge in [-0.15, -0.1) is 0 Å². The smallest absolute Gasteiger partial charge is 0.323 e. The number of anilines is 3. The summed E-state index contributed by atoms with van der Waals surface area (Å²) in [6, 6.07) is 19.5. The number of nitrogens with zero attached hydrogens (tertiary/aromatic N) is 1. The van der Waals surface area contributed by atoms with Crippen LogP contribution in [0.4, 0.5) is 21.9 Å². The molecule has 0 bridgehead atoms. The van der Waals surface area contributed by atoms with Crippen molar-refractivity contribution < 1.29 is 9.59 Å². The van der Waals surface area contributed by atoms with E-state index in [0.29, 0.717) is 11.3 Å². The van der Waals surface area contributed by atoms with Crippen LogP contribution in [0.1, 0.15) is 52.9 Å². The molecule has 0 aromatic heterocycles. The molecule has 1 aliphatic rings. The first-order valence-corrected chi connectivity index (χ1v) is 12.3. The fraction of sp³-hybridized carbons (Fsp3) is 0.310. The Morgan fingerprint density at radius 2 is 1.74 bits per heavy atom. The molecule has 4 rings (SSSR count). The van der Waals surface area contributed by atoms with Gasteiger partial charge >= 0.3 is 6.03 Å². The summed E-state index contributed by atoms with van der Waals surface area (Å²) in [5, 5.41) is 8.90. The van der Waals surface area contributed by atoms with Gasteiger partial charge in [-0.2, -0.15) is 0 Å². The van der Waals surface area contributed by atoms with Crippen LogP contribution < -0.4 is 20.9 Å². The van der Waals surface area contributed by atoms with Crippen LogP contribution in [0.15, 0.2) is 60.7 Å². The third-order valence-corrected chi connectivity index (χ3v) is 6.81. The first kappa shape index (κ1) is 24.3. The first-order chi connectivity index (χ1) is 16.9. The second kappa shape index (κ2) is 10.6.